The van der Waals surface area contributed by atoms with Crippen molar-refractivity contribution in [1.29, 1.82) is 0 Å². The summed E-state index contributed by atoms with van der Waals surface area (Å²) < 4.78 is 12.8. The molecule has 0 radical (unpaired) electrons. The van der Waals surface area contributed by atoms with Gasteiger partial charge in [-0.3, -0.25) is 4.79 Å². The SMILES string of the molecule is COc1ccc(NC(=O)N2CC3(COc4ccn(C)c(=O)c4)CC2(CNc2cccc4c(N)nccc24)C3)cc1. The highest BCUT2D eigenvalue weighted by Gasteiger charge is 2.67. The zero-order valence-electron chi connectivity index (χ0n) is 22.5. The molecule has 1 saturated carbocycles. The molecule has 2 bridgehead atoms. The standard InChI is InChI=1S/C30H32N6O4/c1-35-13-11-22(14-26(35)37)40-19-29-15-30(16-29,17-33-25-5-3-4-24-23(25)10-12-32-27(24)31)36(18-29)28(38)34-20-6-8-21(39-2)9-7-20/h3-14,33H,15-19H2,1-2H3,(H2,31,32)(H,34,38). The number of carbonyl (C=O) groups excluding carboxylic acids is 1. The Labute approximate surface area is 231 Å². The molecule has 0 atom stereocenters. The zero-order valence-corrected chi connectivity index (χ0v) is 22.5. The first-order chi connectivity index (χ1) is 19.3. The fourth-order valence-electron chi connectivity index (χ4n) is 6.17. The van der Waals surface area contributed by atoms with Crippen LogP contribution in [0, 0.1) is 5.41 Å². The van der Waals surface area contributed by atoms with Crippen molar-refractivity contribution in [3.63, 3.8) is 0 Å². The highest BCUT2D eigenvalue weighted by atomic mass is 16.5. The number of benzene rings is 2. The number of nitrogens with two attached hydrogens (primary N) is 1. The van der Waals surface area contributed by atoms with Crippen molar-refractivity contribution in [3.8, 4) is 11.5 Å². The number of nitrogen functional groups attached to an aromatic ring is 1. The molecule has 7 rings (SSSR count). The Morgan fingerprint density at radius 3 is 2.62 bits per heavy atom. The van der Waals surface area contributed by atoms with Crippen LogP contribution in [0.3, 0.4) is 0 Å². The third-order valence-electron chi connectivity index (χ3n) is 8.13. The largest absolute Gasteiger partial charge is 0.497 e. The van der Waals surface area contributed by atoms with Crippen LogP contribution < -0.4 is 31.4 Å². The quantitative estimate of drug-likeness (QED) is 0.308. The molecule has 10 nitrogen and oxygen atoms in total. The molecule has 4 aromatic rings. The molecular formula is C30H32N6O4. The molecule has 2 saturated heterocycles. The summed E-state index contributed by atoms with van der Waals surface area (Å²) in [7, 11) is 3.31. The Bertz CT molecular complexity index is 1630. The number of rotatable bonds is 8. The number of ether oxygens (including phenoxy) is 2. The molecule has 40 heavy (non-hydrogen) atoms. The smallest absolute Gasteiger partial charge is 0.322 e. The first-order valence-corrected chi connectivity index (χ1v) is 13.2. The molecule has 2 aromatic carbocycles. The summed E-state index contributed by atoms with van der Waals surface area (Å²) in [6.45, 7) is 1.54. The average Bonchev–Trinajstić information content (AvgIpc) is 3.44. The number of carbonyl (C=O) groups is 1. The third-order valence-corrected chi connectivity index (χ3v) is 8.13. The maximum atomic E-state index is 13.6. The van der Waals surface area contributed by atoms with Crippen LogP contribution in [-0.2, 0) is 7.05 Å². The highest BCUT2D eigenvalue weighted by Crippen LogP contribution is 2.59. The summed E-state index contributed by atoms with van der Waals surface area (Å²) in [5.41, 5.74) is 7.02. The number of fused-ring (bicyclic) bond motifs is 2. The van der Waals surface area contributed by atoms with E-state index in [2.05, 4.69) is 15.6 Å². The van der Waals surface area contributed by atoms with Gasteiger partial charge in [0.25, 0.3) is 5.56 Å². The van der Waals surface area contributed by atoms with Gasteiger partial charge in [-0.25, -0.2) is 9.78 Å². The predicted molar refractivity (Wildman–Crippen MR) is 155 cm³/mol. The van der Waals surface area contributed by atoms with Crippen LogP contribution >= 0.6 is 0 Å². The number of methoxy groups -OCH3 is 1. The molecule has 10 heteroatoms. The van der Waals surface area contributed by atoms with Crippen LogP contribution in [0.2, 0.25) is 0 Å². The van der Waals surface area contributed by atoms with Gasteiger partial charge >= 0.3 is 6.03 Å². The summed E-state index contributed by atoms with van der Waals surface area (Å²) in [5, 5.41) is 8.52. The van der Waals surface area contributed by atoms with Gasteiger partial charge in [0.15, 0.2) is 0 Å². The Morgan fingerprint density at radius 1 is 1.07 bits per heavy atom. The topological polar surface area (TPSA) is 124 Å². The molecule has 0 spiro atoms. The summed E-state index contributed by atoms with van der Waals surface area (Å²) in [4.78, 5) is 31.8. The van der Waals surface area contributed by atoms with E-state index in [1.165, 1.54) is 10.6 Å². The number of hydrogen-bond acceptors (Lipinski definition) is 7. The Hall–Kier alpha value is -4.73. The molecule has 1 aliphatic carbocycles. The van der Waals surface area contributed by atoms with Gasteiger partial charge in [-0.15, -0.1) is 0 Å². The van der Waals surface area contributed by atoms with Gasteiger partial charge in [-0.1, -0.05) is 12.1 Å². The van der Waals surface area contributed by atoms with Crippen molar-refractivity contribution in [2.24, 2.45) is 12.5 Å². The number of aromatic nitrogens is 2. The number of pyridine rings is 2. The maximum Gasteiger partial charge on any atom is 0.322 e. The van der Waals surface area contributed by atoms with Crippen molar-refractivity contribution in [2.75, 3.05) is 43.2 Å². The summed E-state index contributed by atoms with van der Waals surface area (Å²) in [6, 6.07) is 18.3. The Morgan fingerprint density at radius 2 is 1.88 bits per heavy atom. The summed E-state index contributed by atoms with van der Waals surface area (Å²) in [5.74, 6) is 1.74. The molecule has 4 N–H and O–H groups in total. The number of nitrogens with one attached hydrogen (secondary N) is 2. The molecule has 3 aliphatic rings. The van der Waals surface area contributed by atoms with Gasteiger partial charge in [0, 0.05) is 66.2 Å². The zero-order chi connectivity index (χ0) is 27.9. The maximum absolute atomic E-state index is 13.6. The average molecular weight is 541 g/mol. The second kappa shape index (κ2) is 9.78. The number of amides is 2. The molecule has 2 amide bonds. The number of hydrogen-bond donors (Lipinski definition) is 3. The number of anilines is 3. The second-order valence-electron chi connectivity index (χ2n) is 10.9. The number of nitrogens with zero attached hydrogens (tertiary/aromatic N) is 3. The van der Waals surface area contributed by atoms with E-state index in [4.69, 9.17) is 15.2 Å². The Kier molecular flexibility index (Phi) is 6.25. The van der Waals surface area contributed by atoms with E-state index in [0.29, 0.717) is 37.0 Å². The minimum absolute atomic E-state index is 0.125. The summed E-state index contributed by atoms with van der Waals surface area (Å²) >= 11 is 0. The molecule has 3 fully saturated rings. The van der Waals surface area contributed by atoms with E-state index in [-0.39, 0.29) is 17.0 Å². The minimum atomic E-state index is -0.395. The van der Waals surface area contributed by atoms with Gasteiger partial charge in [-0.05, 0) is 55.3 Å². The van der Waals surface area contributed by atoms with Crippen LogP contribution in [0.5, 0.6) is 11.5 Å². The van der Waals surface area contributed by atoms with Crippen LogP contribution in [0.25, 0.3) is 10.8 Å². The molecular weight excluding hydrogens is 508 g/mol. The van der Waals surface area contributed by atoms with E-state index in [1.54, 1.807) is 32.6 Å². The third kappa shape index (κ3) is 4.55. The van der Waals surface area contributed by atoms with Gasteiger partial charge in [0.1, 0.15) is 17.3 Å². The molecule has 206 valence electrons. The van der Waals surface area contributed by atoms with E-state index in [1.807, 2.05) is 53.4 Å². The number of aryl methyl sites for hydroxylation is 1. The van der Waals surface area contributed by atoms with Gasteiger partial charge in [-0.2, -0.15) is 0 Å². The normalized spacial score (nSPS) is 21.1. The molecule has 4 heterocycles. The van der Waals surface area contributed by atoms with Gasteiger partial charge in [0.05, 0.1) is 19.3 Å². The lowest BCUT2D eigenvalue weighted by atomic mass is 9.62. The lowest BCUT2D eigenvalue weighted by Gasteiger charge is -2.47. The first-order valence-electron chi connectivity index (χ1n) is 13.2. The minimum Gasteiger partial charge on any atom is -0.497 e. The predicted octanol–water partition coefficient (Wildman–Crippen LogP) is 4.08. The van der Waals surface area contributed by atoms with Crippen molar-refractivity contribution < 1.29 is 14.3 Å². The number of urea groups is 1. The van der Waals surface area contributed by atoms with Crippen molar-refractivity contribution in [3.05, 3.63) is 83.4 Å². The van der Waals surface area contributed by atoms with E-state index >= 15 is 0 Å². The van der Waals surface area contributed by atoms with Crippen molar-refractivity contribution in [1.82, 2.24) is 14.5 Å². The van der Waals surface area contributed by atoms with E-state index < -0.39 is 5.54 Å². The molecule has 2 aromatic heterocycles. The fourth-order valence-corrected chi connectivity index (χ4v) is 6.17. The lowest BCUT2D eigenvalue weighted by Crippen LogP contribution is -2.57. The van der Waals surface area contributed by atoms with Crippen molar-refractivity contribution in [2.45, 2.75) is 18.4 Å². The van der Waals surface area contributed by atoms with Crippen LogP contribution in [0.4, 0.5) is 22.0 Å². The van der Waals surface area contributed by atoms with Crippen molar-refractivity contribution >= 4 is 34.0 Å². The molecule has 0 unspecified atom stereocenters. The lowest BCUT2D eigenvalue weighted by molar-refractivity contribution is 0.0456. The monoisotopic (exact) mass is 540 g/mol. The van der Waals surface area contributed by atoms with Crippen LogP contribution in [-0.4, -0.2) is 52.8 Å². The second-order valence-corrected chi connectivity index (χ2v) is 10.9. The first kappa shape index (κ1) is 25.5. The highest BCUT2D eigenvalue weighted by molar-refractivity contribution is 5.99. The van der Waals surface area contributed by atoms with Crippen LogP contribution in [0.15, 0.2) is 77.9 Å². The van der Waals surface area contributed by atoms with Crippen LogP contribution in [0.1, 0.15) is 12.8 Å². The van der Waals surface area contributed by atoms with Gasteiger partial charge < -0.3 is 35.3 Å². The summed E-state index contributed by atoms with van der Waals surface area (Å²) in [6.07, 6.45) is 4.96. The molecule has 2 aliphatic heterocycles. The van der Waals surface area contributed by atoms with E-state index in [9.17, 15) is 9.59 Å². The van der Waals surface area contributed by atoms with Gasteiger partial charge in [0.2, 0.25) is 0 Å². The Balaban J connectivity index is 1.22. The fraction of sp³-hybridized carbons (Fsp3) is 0.300. The van der Waals surface area contributed by atoms with E-state index in [0.717, 1.165) is 35.1 Å².